The number of phenolic OH excluding ortho intramolecular Hbond substituents is 1. The van der Waals surface area contributed by atoms with Gasteiger partial charge in [0.25, 0.3) is 0 Å². The minimum atomic E-state index is -1.06. The van der Waals surface area contributed by atoms with Crippen LogP contribution in [0.25, 0.3) is 0 Å². The van der Waals surface area contributed by atoms with Crippen LogP contribution in [0.4, 0.5) is 4.79 Å². The third kappa shape index (κ3) is 7.52. The molecule has 3 rings (SSSR count). The number of aromatic hydroxyl groups is 1. The number of carbonyl (C=O) groups is 4. The van der Waals surface area contributed by atoms with E-state index >= 15 is 0 Å². The maximum absolute atomic E-state index is 14.2. The molecule has 0 spiro atoms. The van der Waals surface area contributed by atoms with E-state index in [0.29, 0.717) is 0 Å². The largest absolute Gasteiger partial charge is 0.508 e. The van der Waals surface area contributed by atoms with Gasteiger partial charge in [-0.25, -0.2) is 4.79 Å². The number of likely N-dealkylation sites (N-methyl/N-ethyl adjacent to an activating group) is 1. The van der Waals surface area contributed by atoms with E-state index in [0.717, 1.165) is 27.8 Å². The van der Waals surface area contributed by atoms with Crippen LogP contribution in [0.1, 0.15) is 55.5 Å². The minimum absolute atomic E-state index is 0.108. The number of ether oxygens (including phenoxy) is 1. The van der Waals surface area contributed by atoms with E-state index in [1.165, 1.54) is 11.9 Å². The smallest absolute Gasteiger partial charge is 0.408 e. The van der Waals surface area contributed by atoms with Gasteiger partial charge in [-0.05, 0) is 81.5 Å². The lowest BCUT2D eigenvalue weighted by Gasteiger charge is -2.38. The molecule has 0 fully saturated rings. The van der Waals surface area contributed by atoms with E-state index in [9.17, 15) is 24.3 Å². The van der Waals surface area contributed by atoms with Gasteiger partial charge >= 0.3 is 6.09 Å². The molecule has 1 aliphatic heterocycles. The Balaban J connectivity index is 2.00. The van der Waals surface area contributed by atoms with Crippen molar-refractivity contribution in [2.45, 2.75) is 84.7 Å². The lowest BCUT2D eigenvalue weighted by Crippen LogP contribution is -2.60. The Morgan fingerprint density at radius 3 is 2.23 bits per heavy atom. The number of phenols is 1. The van der Waals surface area contributed by atoms with E-state index in [2.05, 4.69) is 16.0 Å². The average Bonchev–Trinajstić information content (AvgIpc) is 2.87. The summed E-state index contributed by atoms with van der Waals surface area (Å²) < 4.78 is 5.46. The van der Waals surface area contributed by atoms with E-state index < -0.39 is 41.6 Å². The number of hydrogen-bond donors (Lipinski definition) is 4. The molecule has 4 amide bonds. The second-order valence-electron chi connectivity index (χ2n) is 11.3. The Hall–Kier alpha value is -4.08. The lowest BCUT2D eigenvalue weighted by molar-refractivity contribution is -0.144. The van der Waals surface area contributed by atoms with Crippen molar-refractivity contribution < 1.29 is 29.0 Å². The molecule has 0 aliphatic carbocycles. The van der Waals surface area contributed by atoms with E-state index in [1.54, 1.807) is 39.8 Å². The SMILES string of the molecule is CNC(=O)[C@H](C)NC(=O)[C@@H]1Cc2ccccc2CN1C(=O)[C@H](Cc1c(C)cc(O)cc1C)NC(=O)OC(C)(C)C. The first kappa shape index (κ1) is 30.5. The number of rotatable bonds is 7. The van der Waals surface area contributed by atoms with Gasteiger partial charge in [-0.1, -0.05) is 24.3 Å². The fourth-order valence-electron chi connectivity index (χ4n) is 4.93. The standard InChI is InChI=1S/C30H40N4O6/c1-17-12-22(35)13-18(2)23(17)15-24(33-29(39)40-30(4,5)6)28(38)34-16-21-11-9-8-10-20(21)14-25(34)27(37)32-19(3)26(36)31-7/h8-13,19,24-25,35H,14-16H2,1-7H3,(H,31,36)(H,32,37)(H,33,39)/t19-,24-,25-/m0/s1. The molecule has 1 heterocycles. The van der Waals surface area contributed by atoms with Crippen LogP contribution in [-0.2, 0) is 38.5 Å². The molecule has 10 heteroatoms. The van der Waals surface area contributed by atoms with E-state index in [4.69, 9.17) is 4.74 Å². The first-order chi connectivity index (χ1) is 18.7. The molecule has 10 nitrogen and oxygen atoms in total. The van der Waals surface area contributed by atoms with Gasteiger partial charge in [-0.3, -0.25) is 14.4 Å². The molecule has 0 saturated heterocycles. The molecule has 0 bridgehead atoms. The van der Waals surface area contributed by atoms with Crippen LogP contribution in [0.15, 0.2) is 36.4 Å². The highest BCUT2D eigenvalue weighted by Crippen LogP contribution is 2.27. The quantitative estimate of drug-likeness (QED) is 0.417. The number of amides is 4. The number of nitrogens with zero attached hydrogens (tertiary/aromatic N) is 1. The zero-order chi connectivity index (χ0) is 29.8. The summed E-state index contributed by atoms with van der Waals surface area (Å²) in [6, 6.07) is 8.01. The van der Waals surface area contributed by atoms with Crippen molar-refractivity contribution in [3.8, 4) is 5.75 Å². The van der Waals surface area contributed by atoms with Gasteiger partial charge in [0.1, 0.15) is 29.5 Å². The van der Waals surface area contributed by atoms with Crippen molar-refractivity contribution >= 4 is 23.8 Å². The van der Waals surface area contributed by atoms with Gasteiger partial charge in [0, 0.05) is 26.4 Å². The van der Waals surface area contributed by atoms with Gasteiger partial charge in [0.15, 0.2) is 0 Å². The Bertz CT molecular complexity index is 1260. The highest BCUT2D eigenvalue weighted by atomic mass is 16.6. The highest BCUT2D eigenvalue weighted by Gasteiger charge is 2.39. The predicted molar refractivity (Wildman–Crippen MR) is 151 cm³/mol. The van der Waals surface area contributed by atoms with Gasteiger partial charge in [0.2, 0.25) is 17.7 Å². The summed E-state index contributed by atoms with van der Waals surface area (Å²) in [5, 5.41) is 18.0. The molecule has 4 N–H and O–H groups in total. The summed E-state index contributed by atoms with van der Waals surface area (Å²) in [4.78, 5) is 54.1. The van der Waals surface area contributed by atoms with Gasteiger partial charge < -0.3 is 30.7 Å². The molecule has 216 valence electrons. The maximum atomic E-state index is 14.2. The van der Waals surface area contributed by atoms with Gasteiger partial charge in [0.05, 0.1) is 0 Å². The van der Waals surface area contributed by atoms with Crippen molar-refractivity contribution in [2.24, 2.45) is 0 Å². The van der Waals surface area contributed by atoms with Gasteiger partial charge in [-0.15, -0.1) is 0 Å². The predicted octanol–water partition coefficient (Wildman–Crippen LogP) is 2.65. The van der Waals surface area contributed by atoms with Crippen LogP contribution < -0.4 is 16.0 Å². The molecule has 0 saturated carbocycles. The van der Waals surface area contributed by atoms with Crippen LogP contribution in [0.5, 0.6) is 5.75 Å². The number of benzene rings is 2. The van der Waals surface area contributed by atoms with Crippen molar-refractivity contribution in [3.05, 3.63) is 64.2 Å². The molecular formula is C30H40N4O6. The molecule has 0 aromatic heterocycles. The van der Waals surface area contributed by atoms with Crippen LogP contribution in [-0.4, -0.2) is 64.6 Å². The van der Waals surface area contributed by atoms with Crippen molar-refractivity contribution in [1.82, 2.24) is 20.9 Å². The molecule has 0 unspecified atom stereocenters. The Morgan fingerprint density at radius 1 is 1.05 bits per heavy atom. The van der Waals surface area contributed by atoms with E-state index in [-0.39, 0.29) is 31.0 Å². The second kappa shape index (κ2) is 12.4. The number of aryl methyl sites for hydroxylation is 2. The zero-order valence-corrected chi connectivity index (χ0v) is 24.3. The summed E-state index contributed by atoms with van der Waals surface area (Å²) in [6.07, 6.45) is -0.381. The molecular weight excluding hydrogens is 512 g/mol. The Kier molecular flexibility index (Phi) is 9.44. The van der Waals surface area contributed by atoms with Crippen molar-refractivity contribution in [2.75, 3.05) is 7.05 Å². The number of fused-ring (bicyclic) bond motifs is 1. The third-order valence-corrected chi connectivity index (χ3v) is 6.91. The summed E-state index contributed by atoms with van der Waals surface area (Å²) in [5.41, 5.74) is 3.36. The third-order valence-electron chi connectivity index (χ3n) is 6.91. The number of nitrogens with one attached hydrogen (secondary N) is 3. The summed E-state index contributed by atoms with van der Waals surface area (Å²) >= 11 is 0. The molecule has 1 aliphatic rings. The van der Waals surface area contributed by atoms with E-state index in [1.807, 2.05) is 38.1 Å². The average molecular weight is 553 g/mol. The minimum Gasteiger partial charge on any atom is -0.508 e. The monoisotopic (exact) mass is 552 g/mol. The highest BCUT2D eigenvalue weighted by molar-refractivity contribution is 5.94. The zero-order valence-electron chi connectivity index (χ0n) is 24.3. The molecule has 0 radical (unpaired) electrons. The first-order valence-electron chi connectivity index (χ1n) is 13.4. The van der Waals surface area contributed by atoms with Crippen LogP contribution >= 0.6 is 0 Å². The van der Waals surface area contributed by atoms with Crippen LogP contribution in [0.3, 0.4) is 0 Å². The summed E-state index contributed by atoms with van der Waals surface area (Å²) in [5.74, 6) is -1.17. The molecule has 40 heavy (non-hydrogen) atoms. The summed E-state index contributed by atoms with van der Waals surface area (Å²) in [6.45, 7) is 10.6. The van der Waals surface area contributed by atoms with Crippen LogP contribution in [0, 0.1) is 13.8 Å². The van der Waals surface area contributed by atoms with Gasteiger partial charge in [-0.2, -0.15) is 0 Å². The fraction of sp³-hybridized carbons (Fsp3) is 0.467. The molecule has 2 aromatic rings. The van der Waals surface area contributed by atoms with Crippen molar-refractivity contribution in [1.29, 1.82) is 0 Å². The fourth-order valence-corrected chi connectivity index (χ4v) is 4.93. The number of carbonyl (C=O) groups excluding carboxylic acids is 4. The normalized spacial score (nSPS) is 16.3. The summed E-state index contributed by atoms with van der Waals surface area (Å²) in [7, 11) is 1.48. The van der Waals surface area contributed by atoms with Crippen LogP contribution in [0.2, 0.25) is 0 Å². The Morgan fingerprint density at radius 2 is 1.65 bits per heavy atom. The molecule has 3 atom stereocenters. The number of alkyl carbamates (subject to hydrolysis) is 1. The first-order valence-corrected chi connectivity index (χ1v) is 13.4. The lowest BCUT2D eigenvalue weighted by atomic mass is 9.91. The van der Waals surface area contributed by atoms with Crippen molar-refractivity contribution in [3.63, 3.8) is 0 Å². The maximum Gasteiger partial charge on any atom is 0.408 e. The molecule has 2 aromatic carbocycles. The number of hydrogen-bond acceptors (Lipinski definition) is 6. The Labute approximate surface area is 235 Å². The second-order valence-corrected chi connectivity index (χ2v) is 11.3. The topological polar surface area (TPSA) is 137 Å².